The molecule has 0 aliphatic heterocycles. The number of esters is 1. The van der Waals surface area contributed by atoms with Gasteiger partial charge in [-0.3, -0.25) is 9.36 Å². The predicted molar refractivity (Wildman–Crippen MR) is 107 cm³/mol. The van der Waals surface area contributed by atoms with Gasteiger partial charge in [-0.1, -0.05) is 6.07 Å². The largest absolute Gasteiger partial charge is 0.465 e. The number of hydrogen-bond acceptors (Lipinski definition) is 7. The molecule has 0 bridgehead atoms. The highest BCUT2D eigenvalue weighted by atomic mass is 32.1. The number of furan rings is 1. The van der Waals surface area contributed by atoms with Crippen LogP contribution in [0.4, 0.5) is 13.2 Å². The van der Waals surface area contributed by atoms with Crippen LogP contribution in [-0.4, -0.2) is 17.6 Å². The lowest BCUT2D eigenvalue weighted by Crippen LogP contribution is -2.30. The second-order valence-electron chi connectivity index (χ2n) is 6.31. The minimum absolute atomic E-state index is 0.0226. The predicted octanol–water partition coefficient (Wildman–Crippen LogP) is 2.63. The van der Waals surface area contributed by atoms with Crippen molar-refractivity contribution in [3.8, 4) is 17.8 Å². The number of aryl methyl sites for hydroxylation is 1. The molecule has 0 aliphatic rings. The molecule has 32 heavy (non-hydrogen) atoms. The van der Waals surface area contributed by atoms with Crippen molar-refractivity contribution >= 4 is 29.0 Å². The van der Waals surface area contributed by atoms with E-state index in [4.69, 9.17) is 4.42 Å². The van der Waals surface area contributed by atoms with Gasteiger partial charge in [0.15, 0.2) is 5.57 Å². The summed E-state index contributed by atoms with van der Waals surface area (Å²) in [7, 11) is 1.19. The van der Waals surface area contributed by atoms with Crippen molar-refractivity contribution in [1.82, 2.24) is 4.57 Å². The molecule has 0 amide bonds. The number of benzene rings is 1. The van der Waals surface area contributed by atoms with E-state index in [0.717, 1.165) is 34.1 Å². The Hall–Kier alpha value is -4.09. The zero-order valence-corrected chi connectivity index (χ0v) is 17.3. The first-order valence-corrected chi connectivity index (χ1v) is 9.56. The lowest BCUT2D eigenvalue weighted by atomic mass is 10.2. The van der Waals surface area contributed by atoms with Crippen LogP contribution in [0.1, 0.15) is 27.4 Å². The van der Waals surface area contributed by atoms with E-state index in [1.54, 1.807) is 12.1 Å². The zero-order chi connectivity index (χ0) is 23.6. The highest BCUT2D eigenvalue weighted by Crippen LogP contribution is 2.30. The molecule has 0 spiro atoms. The third-order valence-corrected chi connectivity index (χ3v) is 5.40. The fourth-order valence-corrected chi connectivity index (χ4v) is 3.88. The summed E-state index contributed by atoms with van der Waals surface area (Å²) < 4.78 is 50.2. The first-order chi connectivity index (χ1) is 15.1. The third kappa shape index (κ3) is 4.19. The molecule has 3 aromatic rings. The lowest BCUT2D eigenvalue weighted by Gasteiger charge is -2.09. The standard InChI is InChI=1S/C21H12F3N3O4S/c1-11-16(20(29)30-2)7-15(31-11)8-17-18(28)27(19(32-17)12(9-25)10-26)14-5-3-4-13(6-14)21(22,23)24/h3-8H,1-2H3/b17-8-. The quantitative estimate of drug-likeness (QED) is 0.557. The summed E-state index contributed by atoms with van der Waals surface area (Å²) in [6.07, 6.45) is -3.38. The number of halogens is 3. The first-order valence-electron chi connectivity index (χ1n) is 8.75. The molecule has 11 heteroatoms. The number of alkyl halides is 3. The van der Waals surface area contributed by atoms with Crippen molar-refractivity contribution in [2.24, 2.45) is 0 Å². The van der Waals surface area contributed by atoms with Gasteiger partial charge in [0, 0.05) is 6.08 Å². The number of carbonyl (C=O) groups is 1. The number of thiazole rings is 1. The molecule has 2 heterocycles. The van der Waals surface area contributed by atoms with Crippen molar-refractivity contribution < 1.29 is 27.1 Å². The summed E-state index contributed by atoms with van der Waals surface area (Å²) in [5.74, 6) is -0.303. The fourth-order valence-electron chi connectivity index (χ4n) is 2.84. The van der Waals surface area contributed by atoms with Gasteiger partial charge in [-0.15, -0.1) is 11.3 Å². The van der Waals surface area contributed by atoms with Crippen LogP contribution in [0.2, 0.25) is 0 Å². The minimum atomic E-state index is -4.66. The molecule has 1 aromatic carbocycles. The van der Waals surface area contributed by atoms with Gasteiger partial charge in [0.2, 0.25) is 0 Å². The maximum atomic E-state index is 13.2. The Morgan fingerprint density at radius 1 is 1.25 bits per heavy atom. The van der Waals surface area contributed by atoms with E-state index >= 15 is 0 Å². The number of hydrogen-bond donors (Lipinski definition) is 0. The van der Waals surface area contributed by atoms with Gasteiger partial charge >= 0.3 is 12.1 Å². The van der Waals surface area contributed by atoms with Gasteiger partial charge in [0.25, 0.3) is 5.56 Å². The molecule has 0 N–H and O–H groups in total. The van der Waals surface area contributed by atoms with Crippen LogP contribution in [-0.2, 0) is 10.9 Å². The van der Waals surface area contributed by atoms with Crippen molar-refractivity contribution in [2.75, 3.05) is 7.11 Å². The van der Waals surface area contributed by atoms with Gasteiger partial charge in [-0.25, -0.2) is 4.79 Å². The summed E-state index contributed by atoms with van der Waals surface area (Å²) in [6.45, 7) is 1.52. The maximum Gasteiger partial charge on any atom is 0.416 e. The topological polar surface area (TPSA) is 109 Å². The van der Waals surface area contributed by atoms with E-state index < -0.39 is 28.8 Å². The normalized spacial score (nSPS) is 11.7. The average Bonchev–Trinajstić information content (AvgIpc) is 3.28. The van der Waals surface area contributed by atoms with E-state index in [-0.39, 0.29) is 32.0 Å². The number of methoxy groups -OCH3 is 1. The molecule has 0 fully saturated rings. The molecule has 3 rings (SSSR count). The van der Waals surface area contributed by atoms with Crippen molar-refractivity contribution in [3.05, 3.63) is 72.5 Å². The highest BCUT2D eigenvalue weighted by molar-refractivity contribution is 7.07. The molecular weight excluding hydrogens is 447 g/mol. The molecule has 0 radical (unpaired) electrons. The molecule has 0 saturated carbocycles. The Balaban J connectivity index is 2.33. The molecule has 0 atom stereocenters. The summed E-state index contributed by atoms with van der Waals surface area (Å²) in [6, 6.07) is 8.61. The number of ether oxygens (including phenoxy) is 1. The molecule has 0 unspecified atom stereocenters. The number of carbonyl (C=O) groups excluding carboxylic acids is 1. The maximum absolute atomic E-state index is 13.2. The van der Waals surface area contributed by atoms with Gasteiger partial charge in [0.1, 0.15) is 33.9 Å². The van der Waals surface area contributed by atoms with Crippen LogP contribution < -0.4 is 14.8 Å². The molecule has 7 nitrogen and oxygen atoms in total. The van der Waals surface area contributed by atoms with Gasteiger partial charge < -0.3 is 9.15 Å². The number of nitriles is 2. The van der Waals surface area contributed by atoms with Crippen molar-refractivity contribution in [3.63, 3.8) is 0 Å². The smallest absolute Gasteiger partial charge is 0.416 e. The SMILES string of the molecule is COC(=O)c1cc(/C=c2\sc(=C(C#N)C#N)n(-c3cccc(C(F)(F)F)c3)c2=O)oc1C. The molecule has 162 valence electrons. The zero-order valence-electron chi connectivity index (χ0n) is 16.5. The molecule has 2 aromatic heterocycles. The van der Waals surface area contributed by atoms with Crippen molar-refractivity contribution in [1.29, 1.82) is 10.5 Å². The Kier molecular flexibility index (Phi) is 6.05. The van der Waals surface area contributed by atoms with E-state index in [9.17, 15) is 33.3 Å². The first kappa shape index (κ1) is 22.6. The highest BCUT2D eigenvalue weighted by Gasteiger charge is 2.30. The summed E-state index contributed by atoms with van der Waals surface area (Å²) in [5.41, 5.74) is -2.24. The Bertz CT molecular complexity index is 1460. The van der Waals surface area contributed by atoms with Gasteiger partial charge in [0.05, 0.1) is 22.9 Å². The summed E-state index contributed by atoms with van der Waals surface area (Å²) in [5, 5.41) is 18.5. The average molecular weight is 459 g/mol. The number of rotatable bonds is 3. The van der Waals surface area contributed by atoms with Crippen LogP contribution in [0.5, 0.6) is 0 Å². The Morgan fingerprint density at radius 3 is 2.53 bits per heavy atom. The van der Waals surface area contributed by atoms with Crippen LogP contribution in [0.25, 0.3) is 17.3 Å². The number of nitrogens with zero attached hydrogens (tertiary/aromatic N) is 3. The monoisotopic (exact) mass is 459 g/mol. The number of aromatic nitrogens is 1. The van der Waals surface area contributed by atoms with Crippen LogP contribution >= 0.6 is 11.3 Å². The van der Waals surface area contributed by atoms with Gasteiger partial charge in [-0.05, 0) is 31.2 Å². The Labute approximate surface area is 182 Å². The third-order valence-electron chi connectivity index (χ3n) is 4.31. The second kappa shape index (κ2) is 8.57. The Morgan fingerprint density at radius 2 is 1.94 bits per heavy atom. The fraction of sp³-hybridized carbons (Fsp3) is 0.143. The van der Waals surface area contributed by atoms with E-state index in [1.165, 1.54) is 32.2 Å². The van der Waals surface area contributed by atoms with E-state index in [1.807, 2.05) is 0 Å². The lowest BCUT2D eigenvalue weighted by molar-refractivity contribution is -0.137. The molecule has 0 saturated heterocycles. The molecule has 0 aliphatic carbocycles. The summed E-state index contributed by atoms with van der Waals surface area (Å²) >= 11 is 0.731. The molecular formula is C21H12F3N3O4S. The van der Waals surface area contributed by atoms with Crippen LogP contribution in [0, 0.1) is 29.6 Å². The van der Waals surface area contributed by atoms with E-state index in [2.05, 4.69) is 4.74 Å². The minimum Gasteiger partial charge on any atom is -0.465 e. The van der Waals surface area contributed by atoms with Gasteiger partial charge in [-0.2, -0.15) is 23.7 Å². The van der Waals surface area contributed by atoms with E-state index in [0.29, 0.717) is 0 Å². The van der Waals surface area contributed by atoms with Crippen LogP contribution in [0.15, 0.2) is 39.5 Å². The van der Waals surface area contributed by atoms with Crippen molar-refractivity contribution in [2.45, 2.75) is 13.1 Å². The second-order valence-corrected chi connectivity index (χ2v) is 7.34. The van der Waals surface area contributed by atoms with Crippen LogP contribution in [0.3, 0.4) is 0 Å². The summed E-state index contributed by atoms with van der Waals surface area (Å²) in [4.78, 5) is 24.8.